The molecule has 0 unspecified atom stereocenters. The molecular formula is C10H13N3O2. The molecule has 0 fully saturated rings. The van der Waals surface area contributed by atoms with Gasteiger partial charge in [0, 0.05) is 35.6 Å². The predicted octanol–water partition coefficient (Wildman–Crippen LogP) is 2.41. The first-order valence-electron chi connectivity index (χ1n) is 4.60. The van der Waals surface area contributed by atoms with Gasteiger partial charge in [-0.3, -0.25) is 10.1 Å². The Morgan fingerprint density at radius 3 is 2.67 bits per heavy atom. The Morgan fingerprint density at radius 1 is 1.53 bits per heavy atom. The van der Waals surface area contributed by atoms with E-state index in [0.717, 1.165) is 0 Å². The van der Waals surface area contributed by atoms with Crippen LogP contribution in [0.3, 0.4) is 0 Å². The SMILES string of the molecule is CC(C)Nc1cc([N+](=O)[O-])ccc1C=N. The maximum Gasteiger partial charge on any atom is 0.271 e. The minimum absolute atomic E-state index is 0.0313. The second-order valence-corrected chi connectivity index (χ2v) is 3.47. The van der Waals surface area contributed by atoms with Gasteiger partial charge in [-0.2, -0.15) is 0 Å². The highest BCUT2D eigenvalue weighted by Crippen LogP contribution is 2.21. The van der Waals surface area contributed by atoms with Crippen LogP contribution in [0.2, 0.25) is 0 Å². The zero-order valence-corrected chi connectivity index (χ0v) is 8.65. The lowest BCUT2D eigenvalue weighted by Crippen LogP contribution is -2.11. The van der Waals surface area contributed by atoms with Crippen LogP contribution in [0.1, 0.15) is 19.4 Å². The topological polar surface area (TPSA) is 79.0 Å². The van der Waals surface area contributed by atoms with Crippen LogP contribution < -0.4 is 5.32 Å². The molecule has 1 rings (SSSR count). The number of hydrogen-bond donors (Lipinski definition) is 2. The zero-order chi connectivity index (χ0) is 11.4. The normalized spacial score (nSPS) is 10.1. The lowest BCUT2D eigenvalue weighted by molar-refractivity contribution is -0.384. The minimum Gasteiger partial charge on any atom is -0.382 e. The van der Waals surface area contributed by atoms with Crippen molar-refractivity contribution in [2.45, 2.75) is 19.9 Å². The molecule has 0 saturated heterocycles. The van der Waals surface area contributed by atoms with Crippen LogP contribution in [0.15, 0.2) is 18.2 Å². The van der Waals surface area contributed by atoms with E-state index >= 15 is 0 Å². The molecule has 0 radical (unpaired) electrons. The van der Waals surface area contributed by atoms with Gasteiger partial charge in [0.05, 0.1) is 4.92 Å². The molecule has 0 bridgehead atoms. The standard InChI is InChI=1S/C10H13N3O2/c1-7(2)12-10-5-9(13(14)15)4-3-8(10)6-11/h3-7,11-12H,1-2H3. The summed E-state index contributed by atoms with van der Waals surface area (Å²) >= 11 is 0. The number of anilines is 1. The Balaban J connectivity index is 3.12. The molecule has 0 atom stereocenters. The molecule has 0 saturated carbocycles. The van der Waals surface area contributed by atoms with Crippen LogP contribution >= 0.6 is 0 Å². The number of nitrogens with one attached hydrogen (secondary N) is 2. The first-order chi connectivity index (χ1) is 7.04. The molecule has 5 nitrogen and oxygen atoms in total. The van der Waals surface area contributed by atoms with Gasteiger partial charge in [-0.1, -0.05) is 0 Å². The highest BCUT2D eigenvalue weighted by molar-refractivity contribution is 5.86. The average Bonchev–Trinajstić information content (AvgIpc) is 2.16. The first kappa shape index (κ1) is 11.2. The van der Waals surface area contributed by atoms with Crippen LogP contribution in [-0.4, -0.2) is 17.2 Å². The predicted molar refractivity (Wildman–Crippen MR) is 59.7 cm³/mol. The van der Waals surface area contributed by atoms with Gasteiger partial charge >= 0.3 is 0 Å². The van der Waals surface area contributed by atoms with Gasteiger partial charge in [0.1, 0.15) is 0 Å². The Kier molecular flexibility index (Phi) is 3.38. The lowest BCUT2D eigenvalue weighted by atomic mass is 10.1. The maximum absolute atomic E-state index is 10.6. The molecule has 80 valence electrons. The molecular weight excluding hydrogens is 194 g/mol. The van der Waals surface area contributed by atoms with E-state index in [4.69, 9.17) is 5.41 Å². The van der Waals surface area contributed by atoms with E-state index in [1.807, 2.05) is 13.8 Å². The smallest absolute Gasteiger partial charge is 0.271 e. The second kappa shape index (κ2) is 4.54. The summed E-state index contributed by atoms with van der Waals surface area (Å²) in [6.07, 6.45) is 1.18. The van der Waals surface area contributed by atoms with Crippen LogP contribution in [0.25, 0.3) is 0 Å². The summed E-state index contributed by atoms with van der Waals surface area (Å²) in [6.45, 7) is 3.87. The van der Waals surface area contributed by atoms with Crippen LogP contribution in [0.5, 0.6) is 0 Å². The first-order valence-corrected chi connectivity index (χ1v) is 4.60. The number of nitrogens with zero attached hydrogens (tertiary/aromatic N) is 1. The molecule has 0 aromatic heterocycles. The molecule has 0 aliphatic heterocycles. The fraction of sp³-hybridized carbons (Fsp3) is 0.300. The molecule has 1 aromatic carbocycles. The van der Waals surface area contributed by atoms with Crippen molar-refractivity contribution in [3.8, 4) is 0 Å². The van der Waals surface area contributed by atoms with Crippen LogP contribution in [0.4, 0.5) is 11.4 Å². The molecule has 5 heteroatoms. The number of non-ortho nitro benzene ring substituents is 1. The summed E-state index contributed by atoms with van der Waals surface area (Å²) < 4.78 is 0. The Hall–Kier alpha value is -1.91. The highest BCUT2D eigenvalue weighted by Gasteiger charge is 2.09. The highest BCUT2D eigenvalue weighted by atomic mass is 16.6. The molecule has 1 aromatic rings. The third-order valence-electron chi connectivity index (χ3n) is 1.85. The number of benzene rings is 1. The van der Waals surface area contributed by atoms with E-state index in [-0.39, 0.29) is 11.7 Å². The van der Waals surface area contributed by atoms with Crippen molar-refractivity contribution in [2.24, 2.45) is 0 Å². The summed E-state index contributed by atoms with van der Waals surface area (Å²) in [5.41, 5.74) is 1.30. The van der Waals surface area contributed by atoms with Crippen molar-refractivity contribution >= 4 is 17.6 Å². The molecule has 0 spiro atoms. The van der Waals surface area contributed by atoms with Crippen molar-refractivity contribution < 1.29 is 4.92 Å². The maximum atomic E-state index is 10.6. The Labute approximate surface area is 87.8 Å². The molecule has 0 heterocycles. The molecule has 0 aliphatic carbocycles. The lowest BCUT2D eigenvalue weighted by Gasteiger charge is -2.11. The summed E-state index contributed by atoms with van der Waals surface area (Å²) in [6, 6.07) is 4.58. The van der Waals surface area contributed by atoms with Crippen molar-refractivity contribution in [3.63, 3.8) is 0 Å². The quantitative estimate of drug-likeness (QED) is 0.452. The average molecular weight is 207 g/mol. The second-order valence-electron chi connectivity index (χ2n) is 3.47. The van der Waals surface area contributed by atoms with E-state index in [1.54, 1.807) is 6.07 Å². The van der Waals surface area contributed by atoms with E-state index in [9.17, 15) is 10.1 Å². The van der Waals surface area contributed by atoms with Gasteiger partial charge in [0.25, 0.3) is 5.69 Å². The fourth-order valence-corrected chi connectivity index (χ4v) is 1.22. The molecule has 2 N–H and O–H groups in total. The number of nitro groups is 1. The van der Waals surface area contributed by atoms with E-state index in [2.05, 4.69) is 5.32 Å². The minimum atomic E-state index is -0.445. The van der Waals surface area contributed by atoms with E-state index < -0.39 is 4.92 Å². The Morgan fingerprint density at radius 2 is 2.20 bits per heavy atom. The van der Waals surface area contributed by atoms with Gasteiger partial charge in [-0.15, -0.1) is 0 Å². The number of rotatable bonds is 4. The van der Waals surface area contributed by atoms with E-state index in [0.29, 0.717) is 11.3 Å². The third-order valence-corrected chi connectivity index (χ3v) is 1.85. The summed E-state index contributed by atoms with van der Waals surface area (Å²) in [5, 5.41) is 20.8. The number of nitro benzene ring substituents is 1. The fourth-order valence-electron chi connectivity index (χ4n) is 1.22. The van der Waals surface area contributed by atoms with Gasteiger partial charge in [0.15, 0.2) is 0 Å². The molecule has 15 heavy (non-hydrogen) atoms. The van der Waals surface area contributed by atoms with Crippen molar-refractivity contribution in [1.82, 2.24) is 0 Å². The summed E-state index contributed by atoms with van der Waals surface area (Å²) in [5.74, 6) is 0. The van der Waals surface area contributed by atoms with Gasteiger partial charge in [-0.05, 0) is 19.9 Å². The molecule has 0 amide bonds. The number of hydrogen-bond acceptors (Lipinski definition) is 4. The zero-order valence-electron chi connectivity index (χ0n) is 8.65. The van der Waals surface area contributed by atoms with Crippen molar-refractivity contribution in [2.75, 3.05) is 5.32 Å². The van der Waals surface area contributed by atoms with Gasteiger partial charge < -0.3 is 10.7 Å². The summed E-state index contributed by atoms with van der Waals surface area (Å²) in [4.78, 5) is 10.1. The van der Waals surface area contributed by atoms with Crippen LogP contribution in [0, 0.1) is 15.5 Å². The largest absolute Gasteiger partial charge is 0.382 e. The Bertz CT molecular complexity index is 388. The molecule has 0 aliphatic rings. The summed E-state index contributed by atoms with van der Waals surface area (Å²) in [7, 11) is 0. The van der Waals surface area contributed by atoms with Gasteiger partial charge in [-0.25, -0.2) is 0 Å². The van der Waals surface area contributed by atoms with Gasteiger partial charge in [0.2, 0.25) is 0 Å². The van der Waals surface area contributed by atoms with Crippen LogP contribution in [-0.2, 0) is 0 Å². The van der Waals surface area contributed by atoms with Crippen molar-refractivity contribution in [3.05, 3.63) is 33.9 Å². The third kappa shape index (κ3) is 2.77. The van der Waals surface area contributed by atoms with Crippen molar-refractivity contribution in [1.29, 1.82) is 5.41 Å². The van der Waals surface area contributed by atoms with E-state index in [1.165, 1.54) is 18.3 Å². The monoisotopic (exact) mass is 207 g/mol.